The Bertz CT molecular complexity index is 532. The van der Waals surface area contributed by atoms with E-state index in [-0.39, 0.29) is 0 Å². The van der Waals surface area contributed by atoms with Gasteiger partial charge in [0.1, 0.15) is 0 Å². The van der Waals surface area contributed by atoms with Gasteiger partial charge in [0.05, 0.1) is 10.2 Å². The first-order valence-electron chi connectivity index (χ1n) is 6.75. The summed E-state index contributed by atoms with van der Waals surface area (Å²) in [6, 6.07) is 9.22. The number of fused-ring (bicyclic) bond motifs is 2. The highest BCUT2D eigenvalue weighted by molar-refractivity contribution is 7.22. The van der Waals surface area contributed by atoms with E-state index in [1.807, 2.05) is 11.3 Å². The maximum absolute atomic E-state index is 4.78. The zero-order valence-electron chi connectivity index (χ0n) is 10.4. The van der Waals surface area contributed by atoms with E-state index in [1.54, 1.807) is 0 Å². The molecule has 2 aliphatic heterocycles. The third-order valence-corrected chi connectivity index (χ3v) is 5.24. The number of benzene rings is 1. The van der Waals surface area contributed by atoms with Crippen LogP contribution in [0.5, 0.6) is 0 Å². The molecule has 1 atom stereocenters. The van der Waals surface area contributed by atoms with Gasteiger partial charge in [-0.25, -0.2) is 4.98 Å². The molecule has 1 aromatic heterocycles. The molecule has 4 heteroatoms. The summed E-state index contributed by atoms with van der Waals surface area (Å²) in [6.45, 7) is 4.81. The summed E-state index contributed by atoms with van der Waals surface area (Å²) < 4.78 is 1.31. The lowest BCUT2D eigenvalue weighted by molar-refractivity contribution is 0.231. The second-order valence-corrected chi connectivity index (χ2v) is 6.25. The van der Waals surface area contributed by atoms with Gasteiger partial charge in [-0.15, -0.1) is 0 Å². The molecule has 4 rings (SSSR count). The van der Waals surface area contributed by atoms with E-state index in [0.29, 0.717) is 0 Å². The molecule has 3 heterocycles. The van der Waals surface area contributed by atoms with Crippen molar-refractivity contribution in [2.75, 3.05) is 31.1 Å². The summed E-state index contributed by atoms with van der Waals surface area (Å²) in [4.78, 5) is 9.90. The van der Waals surface area contributed by atoms with Crippen LogP contribution in [0.25, 0.3) is 10.2 Å². The van der Waals surface area contributed by atoms with Gasteiger partial charge in [-0.05, 0) is 31.5 Å². The van der Waals surface area contributed by atoms with E-state index in [9.17, 15) is 0 Å². The zero-order valence-corrected chi connectivity index (χ0v) is 11.2. The highest BCUT2D eigenvalue weighted by atomic mass is 32.1. The van der Waals surface area contributed by atoms with Crippen LogP contribution in [-0.4, -0.2) is 42.1 Å². The van der Waals surface area contributed by atoms with Crippen molar-refractivity contribution < 1.29 is 0 Å². The maximum atomic E-state index is 4.78. The largest absolute Gasteiger partial charge is 0.345 e. The van der Waals surface area contributed by atoms with Crippen molar-refractivity contribution in [3.63, 3.8) is 0 Å². The molecule has 2 saturated heterocycles. The molecule has 0 unspecified atom stereocenters. The molecular weight excluding hydrogens is 242 g/mol. The van der Waals surface area contributed by atoms with Crippen LogP contribution in [0.1, 0.15) is 12.8 Å². The number of para-hydroxylation sites is 1. The van der Waals surface area contributed by atoms with Crippen LogP contribution in [-0.2, 0) is 0 Å². The SMILES string of the molecule is c1ccc2sc(N3CCN4CCC[C@@H]4C3)nc2c1. The molecule has 0 amide bonds. The van der Waals surface area contributed by atoms with Gasteiger partial charge in [-0.2, -0.15) is 0 Å². The first-order chi connectivity index (χ1) is 8.90. The van der Waals surface area contributed by atoms with Crippen LogP contribution < -0.4 is 4.90 Å². The highest BCUT2D eigenvalue weighted by Gasteiger charge is 2.31. The van der Waals surface area contributed by atoms with Crippen LogP contribution >= 0.6 is 11.3 Å². The predicted molar refractivity (Wildman–Crippen MR) is 76.4 cm³/mol. The van der Waals surface area contributed by atoms with E-state index >= 15 is 0 Å². The van der Waals surface area contributed by atoms with E-state index in [4.69, 9.17) is 4.98 Å². The second-order valence-electron chi connectivity index (χ2n) is 5.24. The second kappa shape index (κ2) is 4.21. The fraction of sp³-hybridized carbons (Fsp3) is 0.500. The summed E-state index contributed by atoms with van der Waals surface area (Å²) in [5.74, 6) is 0. The van der Waals surface area contributed by atoms with Gasteiger partial charge in [-0.3, -0.25) is 4.90 Å². The molecule has 0 radical (unpaired) electrons. The lowest BCUT2D eigenvalue weighted by Crippen LogP contribution is -2.50. The van der Waals surface area contributed by atoms with Crippen LogP contribution in [0.2, 0.25) is 0 Å². The van der Waals surface area contributed by atoms with Crippen molar-refractivity contribution in [2.24, 2.45) is 0 Å². The molecule has 3 nitrogen and oxygen atoms in total. The van der Waals surface area contributed by atoms with Crippen LogP contribution in [0.4, 0.5) is 5.13 Å². The molecule has 94 valence electrons. The van der Waals surface area contributed by atoms with Crippen molar-refractivity contribution >= 4 is 26.7 Å². The average Bonchev–Trinajstić information content (AvgIpc) is 3.04. The maximum Gasteiger partial charge on any atom is 0.186 e. The minimum absolute atomic E-state index is 0.769. The number of thiazole rings is 1. The highest BCUT2D eigenvalue weighted by Crippen LogP contribution is 2.31. The number of piperazine rings is 1. The quantitative estimate of drug-likeness (QED) is 0.784. The van der Waals surface area contributed by atoms with Gasteiger partial charge in [0.25, 0.3) is 0 Å². The van der Waals surface area contributed by atoms with E-state index in [1.165, 1.54) is 42.3 Å². The van der Waals surface area contributed by atoms with E-state index < -0.39 is 0 Å². The van der Waals surface area contributed by atoms with Crippen LogP contribution in [0.3, 0.4) is 0 Å². The summed E-state index contributed by atoms with van der Waals surface area (Å²) in [7, 11) is 0. The minimum Gasteiger partial charge on any atom is -0.345 e. The Balaban J connectivity index is 1.62. The molecule has 18 heavy (non-hydrogen) atoms. The molecule has 0 N–H and O–H groups in total. The molecule has 2 fully saturated rings. The molecule has 0 spiro atoms. The summed E-state index contributed by atoms with van der Waals surface area (Å²) in [5, 5.41) is 1.21. The smallest absolute Gasteiger partial charge is 0.186 e. The molecule has 0 bridgehead atoms. The zero-order chi connectivity index (χ0) is 11.9. The van der Waals surface area contributed by atoms with Gasteiger partial charge in [0, 0.05) is 25.7 Å². The minimum atomic E-state index is 0.769. The van der Waals surface area contributed by atoms with Gasteiger partial charge >= 0.3 is 0 Å². The predicted octanol–water partition coefficient (Wildman–Crippen LogP) is 2.58. The number of hydrogen-bond donors (Lipinski definition) is 0. The Morgan fingerprint density at radius 3 is 3.06 bits per heavy atom. The molecular formula is C14H17N3S. The third-order valence-electron chi connectivity index (χ3n) is 4.14. The van der Waals surface area contributed by atoms with Crippen molar-refractivity contribution in [1.82, 2.24) is 9.88 Å². The fourth-order valence-corrected chi connectivity index (χ4v) is 4.16. The number of rotatable bonds is 1. The fourth-order valence-electron chi connectivity index (χ4n) is 3.16. The van der Waals surface area contributed by atoms with Gasteiger partial charge < -0.3 is 4.90 Å². The van der Waals surface area contributed by atoms with Gasteiger partial charge in [0.15, 0.2) is 5.13 Å². The van der Waals surface area contributed by atoms with E-state index in [0.717, 1.165) is 18.1 Å². The van der Waals surface area contributed by atoms with Crippen molar-refractivity contribution in [2.45, 2.75) is 18.9 Å². The number of anilines is 1. The summed E-state index contributed by atoms with van der Waals surface area (Å²) >= 11 is 1.83. The average molecular weight is 259 g/mol. The first kappa shape index (κ1) is 10.8. The molecule has 2 aromatic rings. The Kier molecular flexibility index (Phi) is 2.52. The normalized spacial score (nSPS) is 24.7. The Labute approximate surface area is 111 Å². The van der Waals surface area contributed by atoms with E-state index in [2.05, 4.69) is 34.1 Å². The van der Waals surface area contributed by atoms with Gasteiger partial charge in [-0.1, -0.05) is 23.5 Å². The monoisotopic (exact) mass is 259 g/mol. The molecule has 0 aliphatic carbocycles. The topological polar surface area (TPSA) is 19.4 Å². The number of aromatic nitrogens is 1. The standard InChI is InChI=1S/C14H17N3S/c1-2-6-13-12(5-1)15-14(18-13)17-9-8-16-7-3-4-11(16)10-17/h1-2,5-6,11H,3-4,7-10H2/t11-/m1/s1. The lowest BCUT2D eigenvalue weighted by atomic mass is 10.2. The Morgan fingerprint density at radius 2 is 2.11 bits per heavy atom. The van der Waals surface area contributed by atoms with Crippen LogP contribution in [0, 0.1) is 0 Å². The number of nitrogens with zero attached hydrogens (tertiary/aromatic N) is 3. The lowest BCUT2D eigenvalue weighted by Gasteiger charge is -2.37. The van der Waals surface area contributed by atoms with Crippen molar-refractivity contribution in [3.05, 3.63) is 24.3 Å². The molecule has 0 saturated carbocycles. The van der Waals surface area contributed by atoms with Gasteiger partial charge in [0.2, 0.25) is 0 Å². The Hall–Kier alpha value is -1.13. The summed E-state index contributed by atoms with van der Waals surface area (Å²) in [6.07, 6.45) is 2.74. The van der Waals surface area contributed by atoms with Crippen LogP contribution in [0.15, 0.2) is 24.3 Å². The first-order valence-corrected chi connectivity index (χ1v) is 7.56. The van der Waals surface area contributed by atoms with Crippen molar-refractivity contribution in [1.29, 1.82) is 0 Å². The third kappa shape index (κ3) is 1.71. The number of hydrogen-bond acceptors (Lipinski definition) is 4. The summed E-state index contributed by atoms with van der Waals surface area (Å²) in [5.41, 5.74) is 1.14. The van der Waals surface area contributed by atoms with Crippen molar-refractivity contribution in [3.8, 4) is 0 Å². The molecule has 1 aromatic carbocycles. The Morgan fingerprint density at radius 1 is 1.17 bits per heavy atom. The molecule has 2 aliphatic rings.